The van der Waals surface area contributed by atoms with Crippen molar-refractivity contribution < 1.29 is 14.7 Å². The van der Waals surface area contributed by atoms with Gasteiger partial charge in [-0.3, -0.25) is 9.59 Å². The van der Waals surface area contributed by atoms with E-state index in [9.17, 15) is 14.7 Å². The molecule has 0 bridgehead atoms. The Kier molecular flexibility index (Phi) is 6.02. The van der Waals surface area contributed by atoms with Crippen LogP contribution in [0, 0.1) is 11.8 Å². The lowest BCUT2D eigenvalue weighted by atomic mass is 9.88. The molecule has 2 amide bonds. The van der Waals surface area contributed by atoms with Crippen LogP contribution in [-0.2, 0) is 9.59 Å². The molecular weight excluding hydrogens is 292 g/mol. The van der Waals surface area contributed by atoms with E-state index in [0.29, 0.717) is 5.69 Å². The number of amides is 2. The van der Waals surface area contributed by atoms with Crippen molar-refractivity contribution in [3.05, 3.63) is 24.3 Å². The van der Waals surface area contributed by atoms with E-state index in [1.54, 1.807) is 18.2 Å². The maximum absolute atomic E-state index is 12.5. The Bertz CT molecular complexity index is 551. The number of anilines is 1. The molecule has 0 aromatic heterocycles. The topological polar surface area (TPSA) is 78.4 Å². The summed E-state index contributed by atoms with van der Waals surface area (Å²) >= 11 is 0. The maximum atomic E-state index is 12.5. The Balaban J connectivity index is 2.01. The lowest BCUT2D eigenvalue weighted by molar-refractivity contribution is -0.130. The van der Waals surface area contributed by atoms with Crippen LogP contribution in [0.25, 0.3) is 0 Å². The zero-order valence-corrected chi connectivity index (χ0v) is 13.8. The number of hydrogen-bond acceptors (Lipinski definition) is 3. The first-order valence-electron chi connectivity index (χ1n) is 8.38. The van der Waals surface area contributed by atoms with E-state index >= 15 is 0 Å². The standard InChI is InChI=1S/C18H26N2O3/c1-12(2)16(20-17(22)13-8-4-3-5-9-13)18(23)19-14-10-6-7-11-15(14)21/h6-7,10-13,16,21H,3-5,8-9H2,1-2H3,(H,19,23)(H,20,22). The predicted octanol–water partition coefficient (Wildman–Crippen LogP) is 3.05. The van der Waals surface area contributed by atoms with Gasteiger partial charge in [-0.1, -0.05) is 45.2 Å². The van der Waals surface area contributed by atoms with Crippen LogP contribution >= 0.6 is 0 Å². The zero-order valence-electron chi connectivity index (χ0n) is 13.8. The monoisotopic (exact) mass is 318 g/mol. The van der Waals surface area contributed by atoms with Crippen molar-refractivity contribution >= 4 is 17.5 Å². The van der Waals surface area contributed by atoms with Crippen molar-refractivity contribution in [2.24, 2.45) is 11.8 Å². The summed E-state index contributed by atoms with van der Waals surface area (Å²) < 4.78 is 0. The van der Waals surface area contributed by atoms with Crippen molar-refractivity contribution in [3.63, 3.8) is 0 Å². The number of nitrogens with one attached hydrogen (secondary N) is 2. The van der Waals surface area contributed by atoms with Gasteiger partial charge >= 0.3 is 0 Å². The second-order valence-electron chi connectivity index (χ2n) is 6.57. The first kappa shape index (κ1) is 17.3. The lowest BCUT2D eigenvalue weighted by Crippen LogP contribution is -2.49. The van der Waals surface area contributed by atoms with Crippen LogP contribution in [0.2, 0.25) is 0 Å². The van der Waals surface area contributed by atoms with E-state index in [1.165, 1.54) is 12.5 Å². The molecule has 0 saturated heterocycles. The molecule has 1 fully saturated rings. The minimum atomic E-state index is -0.607. The quantitative estimate of drug-likeness (QED) is 0.730. The van der Waals surface area contributed by atoms with Gasteiger partial charge in [0.2, 0.25) is 11.8 Å². The Morgan fingerprint density at radius 3 is 2.39 bits per heavy atom. The molecule has 1 saturated carbocycles. The van der Waals surface area contributed by atoms with Gasteiger partial charge in [0, 0.05) is 5.92 Å². The van der Waals surface area contributed by atoms with E-state index in [-0.39, 0.29) is 29.4 Å². The fourth-order valence-corrected chi connectivity index (χ4v) is 2.96. The Morgan fingerprint density at radius 2 is 1.78 bits per heavy atom. The highest BCUT2D eigenvalue weighted by Crippen LogP contribution is 2.25. The fourth-order valence-electron chi connectivity index (χ4n) is 2.96. The summed E-state index contributed by atoms with van der Waals surface area (Å²) in [6, 6.07) is 5.97. The molecule has 0 spiro atoms. The molecule has 1 aliphatic rings. The highest BCUT2D eigenvalue weighted by atomic mass is 16.3. The number of carbonyl (C=O) groups excluding carboxylic acids is 2. The van der Waals surface area contributed by atoms with Crippen LogP contribution < -0.4 is 10.6 Å². The predicted molar refractivity (Wildman–Crippen MR) is 90.1 cm³/mol. The second-order valence-corrected chi connectivity index (χ2v) is 6.57. The van der Waals surface area contributed by atoms with E-state index in [0.717, 1.165) is 25.7 Å². The van der Waals surface area contributed by atoms with Crippen LogP contribution in [0.1, 0.15) is 46.0 Å². The lowest BCUT2D eigenvalue weighted by Gasteiger charge is -2.26. The van der Waals surface area contributed by atoms with Gasteiger partial charge in [0.25, 0.3) is 0 Å². The average Bonchev–Trinajstić information content (AvgIpc) is 2.55. The van der Waals surface area contributed by atoms with Crippen LogP contribution in [0.3, 0.4) is 0 Å². The number of para-hydroxylation sites is 2. The van der Waals surface area contributed by atoms with Crippen LogP contribution in [-0.4, -0.2) is 23.0 Å². The number of phenols is 1. The first-order valence-corrected chi connectivity index (χ1v) is 8.38. The van der Waals surface area contributed by atoms with Gasteiger partial charge in [-0.15, -0.1) is 0 Å². The van der Waals surface area contributed by atoms with Gasteiger partial charge in [-0.2, -0.15) is 0 Å². The summed E-state index contributed by atoms with van der Waals surface area (Å²) in [7, 11) is 0. The van der Waals surface area contributed by atoms with Gasteiger partial charge in [-0.05, 0) is 30.9 Å². The Morgan fingerprint density at radius 1 is 1.13 bits per heavy atom. The number of benzene rings is 1. The third kappa shape index (κ3) is 4.71. The van der Waals surface area contributed by atoms with E-state index < -0.39 is 6.04 Å². The third-order valence-corrected chi connectivity index (χ3v) is 4.38. The maximum Gasteiger partial charge on any atom is 0.247 e. The third-order valence-electron chi connectivity index (χ3n) is 4.38. The van der Waals surface area contributed by atoms with E-state index in [2.05, 4.69) is 10.6 Å². The van der Waals surface area contributed by atoms with Crippen LogP contribution in [0.5, 0.6) is 5.75 Å². The molecule has 23 heavy (non-hydrogen) atoms. The molecular formula is C18H26N2O3. The summed E-state index contributed by atoms with van der Waals surface area (Å²) in [5.41, 5.74) is 0.357. The zero-order chi connectivity index (χ0) is 16.8. The molecule has 1 aromatic carbocycles. The number of hydrogen-bond donors (Lipinski definition) is 3. The van der Waals surface area contributed by atoms with E-state index in [4.69, 9.17) is 0 Å². The molecule has 2 rings (SSSR count). The molecule has 0 aliphatic heterocycles. The summed E-state index contributed by atoms with van der Waals surface area (Å²) in [6.45, 7) is 3.80. The number of rotatable bonds is 5. The summed E-state index contributed by atoms with van der Waals surface area (Å²) in [6.07, 6.45) is 5.14. The minimum absolute atomic E-state index is 0.0157. The molecule has 0 radical (unpaired) electrons. The van der Waals surface area contributed by atoms with Crippen molar-refractivity contribution in [3.8, 4) is 5.75 Å². The smallest absolute Gasteiger partial charge is 0.247 e. The molecule has 1 unspecified atom stereocenters. The van der Waals surface area contributed by atoms with E-state index in [1.807, 2.05) is 13.8 Å². The molecule has 1 atom stereocenters. The summed E-state index contributed by atoms with van der Waals surface area (Å²) in [4.78, 5) is 24.9. The molecule has 5 heteroatoms. The van der Waals surface area contributed by atoms with Crippen molar-refractivity contribution in [1.29, 1.82) is 0 Å². The van der Waals surface area contributed by atoms with Crippen molar-refractivity contribution in [2.75, 3.05) is 5.32 Å². The number of aromatic hydroxyl groups is 1. The van der Waals surface area contributed by atoms with Crippen LogP contribution in [0.4, 0.5) is 5.69 Å². The first-order chi connectivity index (χ1) is 11.0. The van der Waals surface area contributed by atoms with Crippen molar-refractivity contribution in [1.82, 2.24) is 5.32 Å². The normalized spacial score (nSPS) is 16.8. The molecule has 126 valence electrons. The largest absolute Gasteiger partial charge is 0.506 e. The molecule has 1 aliphatic carbocycles. The van der Waals surface area contributed by atoms with Gasteiger partial charge < -0.3 is 15.7 Å². The Hall–Kier alpha value is -2.04. The number of phenolic OH excluding ortho intramolecular Hbond substituents is 1. The highest BCUT2D eigenvalue weighted by molar-refractivity contribution is 5.98. The highest BCUT2D eigenvalue weighted by Gasteiger charge is 2.28. The van der Waals surface area contributed by atoms with Gasteiger partial charge in [-0.25, -0.2) is 0 Å². The van der Waals surface area contributed by atoms with Gasteiger partial charge in [0.1, 0.15) is 11.8 Å². The SMILES string of the molecule is CC(C)C(NC(=O)C1CCCCC1)C(=O)Nc1ccccc1O. The second kappa shape index (κ2) is 7.99. The molecule has 1 aromatic rings. The van der Waals surface area contributed by atoms with Crippen LogP contribution in [0.15, 0.2) is 24.3 Å². The van der Waals surface area contributed by atoms with Gasteiger partial charge in [0.15, 0.2) is 0 Å². The Labute approximate surface area is 137 Å². The minimum Gasteiger partial charge on any atom is -0.506 e. The molecule has 3 N–H and O–H groups in total. The van der Waals surface area contributed by atoms with Gasteiger partial charge in [0.05, 0.1) is 5.69 Å². The fraction of sp³-hybridized carbons (Fsp3) is 0.556. The summed E-state index contributed by atoms with van der Waals surface area (Å²) in [5, 5.41) is 15.4. The number of carbonyl (C=O) groups is 2. The van der Waals surface area contributed by atoms with Crippen molar-refractivity contribution in [2.45, 2.75) is 52.0 Å². The average molecular weight is 318 g/mol. The molecule has 5 nitrogen and oxygen atoms in total. The summed E-state index contributed by atoms with van der Waals surface area (Å²) in [5.74, 6) is -0.334. The molecule has 0 heterocycles.